The third-order valence-electron chi connectivity index (χ3n) is 4.83. The van der Waals surface area contributed by atoms with Crippen LogP contribution in [0.3, 0.4) is 0 Å². The van der Waals surface area contributed by atoms with Crippen molar-refractivity contribution in [2.75, 3.05) is 0 Å². The van der Waals surface area contributed by atoms with Gasteiger partial charge in [0, 0.05) is 17.2 Å². The van der Waals surface area contributed by atoms with E-state index >= 15 is 0 Å². The summed E-state index contributed by atoms with van der Waals surface area (Å²) in [5.74, 6) is 0.207. The monoisotopic (exact) mass is 379 g/mol. The number of carbonyl (C=O) groups excluding carboxylic acids is 1. The zero-order valence-corrected chi connectivity index (χ0v) is 18.1. The number of rotatable bonds is 4. The SMILES string of the molecule is CC(NC(=O)/C=C/c1cc(C(C)(C)C)c(O)c(C(C)(C)C)c1)c1ccccc1. The smallest absolute Gasteiger partial charge is 0.244 e. The minimum absolute atomic E-state index is 0.0616. The average molecular weight is 380 g/mol. The predicted octanol–water partition coefficient (Wildman–Crippen LogP) is 5.88. The van der Waals surface area contributed by atoms with Gasteiger partial charge < -0.3 is 10.4 Å². The third-order valence-corrected chi connectivity index (χ3v) is 4.83. The van der Waals surface area contributed by atoms with Gasteiger partial charge in [-0.05, 0) is 47.1 Å². The summed E-state index contributed by atoms with van der Waals surface area (Å²) >= 11 is 0. The van der Waals surface area contributed by atoms with Crippen LogP contribution in [-0.4, -0.2) is 11.0 Å². The molecular weight excluding hydrogens is 346 g/mol. The average Bonchev–Trinajstić information content (AvgIpc) is 2.59. The van der Waals surface area contributed by atoms with E-state index in [4.69, 9.17) is 0 Å². The first-order valence-electron chi connectivity index (χ1n) is 9.81. The quantitative estimate of drug-likeness (QED) is 0.652. The number of hydrogen-bond donors (Lipinski definition) is 2. The lowest BCUT2D eigenvalue weighted by Crippen LogP contribution is -2.24. The van der Waals surface area contributed by atoms with Gasteiger partial charge in [-0.1, -0.05) is 71.9 Å². The Kier molecular flexibility index (Phi) is 6.38. The van der Waals surface area contributed by atoms with Gasteiger partial charge in [-0.15, -0.1) is 0 Å². The molecule has 2 rings (SSSR count). The molecule has 0 saturated heterocycles. The molecule has 3 nitrogen and oxygen atoms in total. The van der Waals surface area contributed by atoms with Crippen LogP contribution in [0.25, 0.3) is 6.08 Å². The molecule has 0 saturated carbocycles. The second-order valence-corrected chi connectivity index (χ2v) is 9.44. The lowest BCUT2D eigenvalue weighted by molar-refractivity contribution is -0.117. The first-order valence-corrected chi connectivity index (χ1v) is 9.81. The largest absolute Gasteiger partial charge is 0.507 e. The lowest BCUT2D eigenvalue weighted by atomic mass is 9.78. The van der Waals surface area contributed by atoms with Crippen LogP contribution in [0.4, 0.5) is 0 Å². The normalized spacial score (nSPS) is 13.5. The number of amides is 1. The molecule has 150 valence electrons. The molecule has 1 unspecified atom stereocenters. The highest BCUT2D eigenvalue weighted by molar-refractivity contribution is 5.92. The number of aromatic hydroxyl groups is 1. The van der Waals surface area contributed by atoms with E-state index in [1.165, 1.54) is 0 Å². The molecule has 3 heteroatoms. The highest BCUT2D eigenvalue weighted by Gasteiger charge is 2.26. The summed E-state index contributed by atoms with van der Waals surface area (Å²) in [6, 6.07) is 13.8. The molecule has 0 bridgehead atoms. The highest BCUT2D eigenvalue weighted by atomic mass is 16.3. The maximum atomic E-state index is 12.4. The van der Waals surface area contributed by atoms with Gasteiger partial charge in [0.2, 0.25) is 5.91 Å². The van der Waals surface area contributed by atoms with E-state index in [9.17, 15) is 9.90 Å². The van der Waals surface area contributed by atoms with Gasteiger partial charge in [0.05, 0.1) is 6.04 Å². The first-order chi connectivity index (χ1) is 12.9. The molecule has 2 N–H and O–H groups in total. The van der Waals surface area contributed by atoms with E-state index in [1.54, 1.807) is 6.08 Å². The van der Waals surface area contributed by atoms with Crippen molar-refractivity contribution < 1.29 is 9.90 Å². The number of carbonyl (C=O) groups is 1. The lowest BCUT2D eigenvalue weighted by Gasteiger charge is -2.27. The Labute approximate surface area is 169 Å². The Morgan fingerprint density at radius 1 is 0.964 bits per heavy atom. The minimum atomic E-state index is -0.196. The third kappa shape index (κ3) is 5.48. The van der Waals surface area contributed by atoms with Crippen molar-refractivity contribution in [3.63, 3.8) is 0 Å². The molecule has 0 aliphatic carbocycles. The Balaban J connectivity index is 2.28. The van der Waals surface area contributed by atoms with Gasteiger partial charge in [-0.2, -0.15) is 0 Å². The zero-order valence-electron chi connectivity index (χ0n) is 18.1. The van der Waals surface area contributed by atoms with Gasteiger partial charge in [0.25, 0.3) is 0 Å². The van der Waals surface area contributed by atoms with E-state index in [0.717, 1.165) is 22.3 Å². The van der Waals surface area contributed by atoms with Crippen LogP contribution >= 0.6 is 0 Å². The Hall–Kier alpha value is -2.55. The highest BCUT2D eigenvalue weighted by Crippen LogP contribution is 2.40. The molecule has 2 aromatic carbocycles. The van der Waals surface area contributed by atoms with Crippen LogP contribution in [0.5, 0.6) is 5.75 Å². The zero-order chi connectivity index (χ0) is 21.1. The number of hydrogen-bond acceptors (Lipinski definition) is 2. The molecule has 0 aliphatic rings. The van der Waals surface area contributed by atoms with Gasteiger partial charge in [0.1, 0.15) is 5.75 Å². The standard InChI is InChI=1S/C25H33NO2/c1-17(19-11-9-8-10-12-19)26-22(27)14-13-18-15-20(24(2,3)4)23(28)21(16-18)25(5,6)7/h8-17,28H,1-7H3,(H,26,27)/b14-13+. The summed E-state index contributed by atoms with van der Waals surface area (Å²) in [5.41, 5.74) is 3.36. The number of phenols is 1. The first kappa shape index (κ1) is 21.7. The molecule has 2 aromatic rings. The second kappa shape index (κ2) is 8.22. The van der Waals surface area contributed by atoms with E-state index in [1.807, 2.05) is 55.5 Å². The maximum Gasteiger partial charge on any atom is 0.244 e. The molecule has 28 heavy (non-hydrogen) atoms. The van der Waals surface area contributed by atoms with Crippen molar-refractivity contribution in [1.29, 1.82) is 0 Å². The predicted molar refractivity (Wildman–Crippen MR) is 118 cm³/mol. The van der Waals surface area contributed by atoms with Gasteiger partial charge in [0.15, 0.2) is 0 Å². The summed E-state index contributed by atoms with van der Waals surface area (Å²) in [7, 11) is 0. The molecule has 0 radical (unpaired) electrons. The van der Waals surface area contributed by atoms with Gasteiger partial charge >= 0.3 is 0 Å². The van der Waals surface area contributed by atoms with E-state index < -0.39 is 0 Å². The molecule has 1 amide bonds. The van der Waals surface area contributed by atoms with Crippen LogP contribution in [-0.2, 0) is 15.6 Å². The van der Waals surface area contributed by atoms with Crippen molar-refractivity contribution in [3.05, 3.63) is 70.8 Å². The fraction of sp³-hybridized carbons (Fsp3) is 0.400. The Morgan fingerprint density at radius 2 is 1.46 bits per heavy atom. The molecule has 0 aromatic heterocycles. The van der Waals surface area contributed by atoms with Crippen LogP contribution in [0, 0.1) is 0 Å². The fourth-order valence-electron chi connectivity index (χ4n) is 3.15. The van der Waals surface area contributed by atoms with Gasteiger partial charge in [-0.25, -0.2) is 0 Å². The molecule has 0 aliphatic heterocycles. The van der Waals surface area contributed by atoms with Crippen molar-refractivity contribution in [2.45, 2.75) is 65.3 Å². The molecule has 0 spiro atoms. The van der Waals surface area contributed by atoms with Gasteiger partial charge in [-0.3, -0.25) is 4.79 Å². The van der Waals surface area contributed by atoms with E-state index in [-0.39, 0.29) is 22.8 Å². The van der Waals surface area contributed by atoms with Crippen LogP contribution in [0.1, 0.15) is 76.8 Å². The Bertz CT molecular complexity index is 817. The van der Waals surface area contributed by atoms with E-state index in [0.29, 0.717) is 5.75 Å². The molecular formula is C25H33NO2. The number of benzene rings is 2. The van der Waals surface area contributed by atoms with Crippen molar-refractivity contribution >= 4 is 12.0 Å². The van der Waals surface area contributed by atoms with Crippen molar-refractivity contribution in [3.8, 4) is 5.75 Å². The number of nitrogens with one attached hydrogen (secondary N) is 1. The van der Waals surface area contributed by atoms with Crippen molar-refractivity contribution in [2.24, 2.45) is 0 Å². The molecule has 1 atom stereocenters. The summed E-state index contributed by atoms with van der Waals surface area (Å²) in [6.45, 7) is 14.4. The second-order valence-electron chi connectivity index (χ2n) is 9.44. The molecule has 0 heterocycles. The molecule has 0 fully saturated rings. The van der Waals surface area contributed by atoms with Crippen LogP contribution in [0.15, 0.2) is 48.5 Å². The summed E-state index contributed by atoms with van der Waals surface area (Å²) in [6.07, 6.45) is 3.38. The topological polar surface area (TPSA) is 49.3 Å². The summed E-state index contributed by atoms with van der Waals surface area (Å²) in [4.78, 5) is 12.4. The van der Waals surface area contributed by atoms with Crippen molar-refractivity contribution in [1.82, 2.24) is 5.32 Å². The maximum absolute atomic E-state index is 12.4. The van der Waals surface area contributed by atoms with E-state index in [2.05, 4.69) is 46.9 Å². The summed E-state index contributed by atoms with van der Waals surface area (Å²) < 4.78 is 0. The summed E-state index contributed by atoms with van der Waals surface area (Å²) in [5, 5.41) is 13.8. The van der Waals surface area contributed by atoms with Crippen LogP contribution < -0.4 is 5.32 Å². The minimum Gasteiger partial charge on any atom is -0.507 e. The Morgan fingerprint density at radius 3 is 1.93 bits per heavy atom. The fourth-order valence-corrected chi connectivity index (χ4v) is 3.15. The number of phenolic OH excluding ortho intramolecular Hbond substituents is 1. The van der Waals surface area contributed by atoms with Crippen LogP contribution in [0.2, 0.25) is 0 Å².